The summed E-state index contributed by atoms with van der Waals surface area (Å²) in [6.45, 7) is 0.202. The van der Waals surface area contributed by atoms with Crippen LogP contribution in [0.15, 0.2) is 91.0 Å². The van der Waals surface area contributed by atoms with Crippen molar-refractivity contribution in [2.45, 2.75) is 28.1 Å². The molecule has 1 fully saturated rings. The van der Waals surface area contributed by atoms with Crippen LogP contribution in [-0.2, 0) is 15.2 Å². The molecule has 3 atom stereocenters. The number of benzene rings is 3. The van der Waals surface area contributed by atoms with Gasteiger partial charge in [0.25, 0.3) is 0 Å². The number of hydrogen-bond acceptors (Lipinski definition) is 6. The number of esters is 2. The van der Waals surface area contributed by atoms with Gasteiger partial charge in [-0.3, -0.25) is 0 Å². The Morgan fingerprint density at radius 3 is 2.00 bits per heavy atom. The highest BCUT2D eigenvalue weighted by atomic mass is 32.2. The second kappa shape index (κ2) is 11.2. The molecule has 0 aromatic heterocycles. The summed E-state index contributed by atoms with van der Waals surface area (Å²) in [4.78, 5) is 25.0. The van der Waals surface area contributed by atoms with E-state index in [0.717, 1.165) is 5.75 Å². The van der Waals surface area contributed by atoms with Crippen molar-refractivity contribution in [3.8, 4) is 0 Å². The van der Waals surface area contributed by atoms with Gasteiger partial charge in [-0.2, -0.15) is 0 Å². The van der Waals surface area contributed by atoms with Crippen molar-refractivity contribution in [1.29, 1.82) is 0 Å². The van der Waals surface area contributed by atoms with Crippen molar-refractivity contribution in [3.05, 3.63) is 108 Å². The first kappa shape index (κ1) is 22.5. The summed E-state index contributed by atoms with van der Waals surface area (Å²) in [6.07, 6.45) is 0.401. The van der Waals surface area contributed by atoms with Crippen LogP contribution in [0.5, 0.6) is 0 Å². The molecule has 164 valence electrons. The van der Waals surface area contributed by atoms with Gasteiger partial charge >= 0.3 is 11.9 Å². The summed E-state index contributed by atoms with van der Waals surface area (Å²) < 4.78 is 11.7. The van der Waals surface area contributed by atoms with E-state index in [2.05, 4.69) is 12.1 Å². The molecule has 3 aromatic carbocycles. The molecule has 1 saturated heterocycles. The average molecular weight is 465 g/mol. The third kappa shape index (κ3) is 6.17. The fourth-order valence-electron chi connectivity index (χ4n) is 3.42. The quantitative estimate of drug-likeness (QED) is 0.391. The van der Waals surface area contributed by atoms with Crippen molar-refractivity contribution >= 4 is 35.5 Å². The van der Waals surface area contributed by atoms with E-state index >= 15 is 0 Å². The van der Waals surface area contributed by atoms with Crippen LogP contribution in [0.4, 0.5) is 0 Å². The minimum absolute atomic E-state index is 0.108. The standard InChI is InChI=1S/C26H24O4S2/c27-25(20-12-6-2-7-13-20)29-17-23-22(30-26(28)21-14-8-3-9-15-21)16-24(32-23)31-18-19-10-4-1-5-11-19/h1-15,22-24H,16-18H2/t22-,23+,24+/m0/s1. The summed E-state index contributed by atoms with van der Waals surface area (Å²) in [6, 6.07) is 28.2. The van der Waals surface area contributed by atoms with Gasteiger partial charge in [0.2, 0.25) is 0 Å². The summed E-state index contributed by atoms with van der Waals surface area (Å²) in [7, 11) is 0. The summed E-state index contributed by atoms with van der Waals surface area (Å²) in [5.74, 6) is 0.179. The van der Waals surface area contributed by atoms with Crippen molar-refractivity contribution < 1.29 is 19.1 Å². The van der Waals surface area contributed by atoms with Crippen LogP contribution in [0.1, 0.15) is 32.7 Å². The van der Waals surface area contributed by atoms with Crippen molar-refractivity contribution in [2.75, 3.05) is 6.61 Å². The second-order valence-electron chi connectivity index (χ2n) is 7.41. The highest BCUT2D eigenvalue weighted by Gasteiger charge is 2.39. The zero-order valence-corrected chi connectivity index (χ0v) is 19.1. The van der Waals surface area contributed by atoms with E-state index in [0.29, 0.717) is 17.5 Å². The highest BCUT2D eigenvalue weighted by molar-refractivity contribution is 8.17. The lowest BCUT2D eigenvalue weighted by molar-refractivity contribution is 0.0218. The molecule has 0 spiro atoms. The number of ether oxygens (including phenoxy) is 2. The molecule has 1 aliphatic heterocycles. The Morgan fingerprint density at radius 1 is 0.812 bits per heavy atom. The third-order valence-corrected chi connectivity index (χ3v) is 8.19. The van der Waals surface area contributed by atoms with E-state index in [9.17, 15) is 9.59 Å². The van der Waals surface area contributed by atoms with E-state index in [-0.39, 0.29) is 34.5 Å². The monoisotopic (exact) mass is 464 g/mol. The lowest BCUT2D eigenvalue weighted by Crippen LogP contribution is -2.29. The first-order valence-corrected chi connectivity index (χ1v) is 12.5. The first-order valence-electron chi connectivity index (χ1n) is 10.5. The van der Waals surface area contributed by atoms with Crippen LogP contribution < -0.4 is 0 Å². The van der Waals surface area contributed by atoms with E-state index in [1.807, 2.05) is 66.4 Å². The minimum Gasteiger partial charge on any atom is -0.461 e. The van der Waals surface area contributed by atoms with Gasteiger partial charge in [-0.25, -0.2) is 9.59 Å². The van der Waals surface area contributed by atoms with E-state index in [1.165, 1.54) is 5.56 Å². The van der Waals surface area contributed by atoms with Crippen LogP contribution in [-0.4, -0.2) is 34.5 Å². The lowest BCUT2D eigenvalue weighted by atomic mass is 10.2. The highest BCUT2D eigenvalue weighted by Crippen LogP contribution is 2.43. The Bertz CT molecular complexity index is 1010. The van der Waals surface area contributed by atoms with Gasteiger partial charge in [0.15, 0.2) is 0 Å². The molecule has 0 unspecified atom stereocenters. The van der Waals surface area contributed by atoms with E-state index < -0.39 is 0 Å². The molecule has 0 saturated carbocycles. The van der Waals surface area contributed by atoms with Crippen molar-refractivity contribution in [1.82, 2.24) is 0 Å². The van der Waals surface area contributed by atoms with E-state index in [1.54, 1.807) is 36.0 Å². The normalized spacial score (nSPS) is 19.9. The molecule has 32 heavy (non-hydrogen) atoms. The van der Waals surface area contributed by atoms with Crippen LogP contribution in [0, 0.1) is 0 Å². The van der Waals surface area contributed by atoms with Gasteiger partial charge < -0.3 is 9.47 Å². The third-order valence-electron chi connectivity index (χ3n) is 5.10. The van der Waals surface area contributed by atoms with Gasteiger partial charge in [0.05, 0.1) is 21.0 Å². The number of thioether (sulfide) groups is 2. The van der Waals surface area contributed by atoms with Crippen LogP contribution in [0.2, 0.25) is 0 Å². The molecule has 3 aromatic rings. The lowest BCUT2D eigenvalue weighted by Gasteiger charge is -2.19. The fraction of sp³-hybridized carbons (Fsp3) is 0.231. The topological polar surface area (TPSA) is 52.6 Å². The maximum atomic E-state index is 12.6. The summed E-state index contributed by atoms with van der Waals surface area (Å²) in [5.41, 5.74) is 2.30. The van der Waals surface area contributed by atoms with Gasteiger partial charge in [-0.15, -0.1) is 23.5 Å². The number of carbonyl (C=O) groups excluding carboxylic acids is 2. The maximum Gasteiger partial charge on any atom is 0.338 e. The second-order valence-corrected chi connectivity index (χ2v) is 10.3. The SMILES string of the molecule is O=C(OC[C@H]1S[C@@H](SCc2ccccc2)C[C@@H]1OC(=O)c1ccccc1)c1ccccc1. The maximum absolute atomic E-state index is 12.6. The molecule has 0 N–H and O–H groups in total. The molecule has 1 aliphatic rings. The smallest absolute Gasteiger partial charge is 0.338 e. The van der Waals surface area contributed by atoms with E-state index in [4.69, 9.17) is 9.47 Å². The zero-order valence-electron chi connectivity index (χ0n) is 17.5. The first-order chi connectivity index (χ1) is 15.7. The van der Waals surface area contributed by atoms with Gasteiger partial charge in [0.1, 0.15) is 12.7 Å². The Morgan fingerprint density at radius 2 is 1.38 bits per heavy atom. The molecular formula is C26H24O4S2. The largest absolute Gasteiger partial charge is 0.461 e. The van der Waals surface area contributed by atoms with Crippen LogP contribution in [0.25, 0.3) is 0 Å². The Kier molecular flexibility index (Phi) is 7.91. The molecule has 0 amide bonds. The molecule has 1 heterocycles. The molecule has 0 aliphatic carbocycles. The Labute approximate surface area is 196 Å². The zero-order chi connectivity index (χ0) is 22.2. The van der Waals surface area contributed by atoms with Crippen molar-refractivity contribution in [2.24, 2.45) is 0 Å². The van der Waals surface area contributed by atoms with Crippen LogP contribution in [0.3, 0.4) is 0 Å². The van der Waals surface area contributed by atoms with Gasteiger partial charge in [-0.1, -0.05) is 66.7 Å². The Balaban J connectivity index is 1.39. The number of hydrogen-bond donors (Lipinski definition) is 0. The molecular weight excluding hydrogens is 440 g/mol. The minimum atomic E-state index is -0.361. The van der Waals surface area contributed by atoms with Crippen molar-refractivity contribution in [3.63, 3.8) is 0 Å². The number of rotatable bonds is 8. The average Bonchev–Trinajstić information content (AvgIpc) is 3.24. The molecule has 6 heteroatoms. The van der Waals surface area contributed by atoms with Crippen LogP contribution >= 0.6 is 23.5 Å². The molecule has 4 rings (SSSR count). The predicted molar refractivity (Wildman–Crippen MR) is 130 cm³/mol. The molecule has 0 bridgehead atoms. The fourth-order valence-corrected chi connectivity index (χ4v) is 6.44. The molecule has 4 nitrogen and oxygen atoms in total. The molecule has 0 radical (unpaired) electrons. The Hall–Kier alpha value is -2.70. The summed E-state index contributed by atoms with van der Waals surface area (Å²) >= 11 is 3.55. The number of carbonyl (C=O) groups is 2. The van der Waals surface area contributed by atoms with Gasteiger partial charge in [0, 0.05) is 12.2 Å². The predicted octanol–water partition coefficient (Wildman–Crippen LogP) is 5.83. The summed E-state index contributed by atoms with van der Waals surface area (Å²) in [5, 5.41) is -0.108. The van der Waals surface area contributed by atoms with Gasteiger partial charge in [-0.05, 0) is 29.8 Å².